The average molecular weight is 150 g/mol. The Bertz CT molecular complexity index is 45.8. The molecule has 0 saturated heterocycles. The number of rotatable bonds is 4. The van der Waals surface area contributed by atoms with E-state index in [1.165, 1.54) is 12.2 Å². The van der Waals surface area contributed by atoms with E-state index in [0.29, 0.717) is 0 Å². The summed E-state index contributed by atoms with van der Waals surface area (Å²) in [4.78, 5) is 0. The molecular formula is C6H14S2. The molecule has 0 heterocycles. The summed E-state index contributed by atoms with van der Waals surface area (Å²) in [6.07, 6.45) is 1.29. The van der Waals surface area contributed by atoms with Crippen molar-refractivity contribution >= 4 is 21.6 Å². The van der Waals surface area contributed by atoms with Gasteiger partial charge >= 0.3 is 0 Å². The Morgan fingerprint density at radius 1 is 1.38 bits per heavy atom. The zero-order valence-corrected chi connectivity index (χ0v) is 7.44. The molecule has 0 aromatic carbocycles. The van der Waals surface area contributed by atoms with Crippen LogP contribution in [0.3, 0.4) is 0 Å². The Morgan fingerprint density at radius 3 is 2.38 bits per heavy atom. The molecule has 0 aliphatic carbocycles. The Hall–Kier alpha value is 0.700. The zero-order valence-electron chi connectivity index (χ0n) is 5.81. The van der Waals surface area contributed by atoms with Gasteiger partial charge in [-0.3, -0.25) is 0 Å². The first kappa shape index (κ1) is 8.70. The van der Waals surface area contributed by atoms with Crippen molar-refractivity contribution in [2.45, 2.75) is 32.4 Å². The molecule has 0 saturated carbocycles. The second-order valence-corrected chi connectivity index (χ2v) is 4.82. The quantitative estimate of drug-likeness (QED) is 0.564. The van der Waals surface area contributed by atoms with E-state index in [1.54, 1.807) is 0 Å². The maximum absolute atomic E-state index is 2.27. The smallest absolute Gasteiger partial charge is 0.0120 e. The predicted octanol–water partition coefficient (Wildman–Crippen LogP) is 3.19. The van der Waals surface area contributed by atoms with E-state index >= 15 is 0 Å². The lowest BCUT2D eigenvalue weighted by molar-refractivity contribution is 0.912. The molecule has 0 bridgehead atoms. The van der Waals surface area contributed by atoms with Crippen LogP contribution in [0.1, 0.15) is 27.2 Å². The van der Waals surface area contributed by atoms with E-state index in [2.05, 4.69) is 20.8 Å². The minimum atomic E-state index is 0.833. The summed E-state index contributed by atoms with van der Waals surface area (Å²) in [7, 11) is 3.95. The predicted molar refractivity (Wildman–Crippen MR) is 45.5 cm³/mol. The van der Waals surface area contributed by atoms with Gasteiger partial charge in [-0.05, 0) is 6.42 Å². The van der Waals surface area contributed by atoms with Gasteiger partial charge < -0.3 is 0 Å². The van der Waals surface area contributed by atoms with E-state index in [-0.39, 0.29) is 0 Å². The Balaban J connectivity index is 2.86. The van der Waals surface area contributed by atoms with Crippen LogP contribution in [0.15, 0.2) is 0 Å². The van der Waals surface area contributed by atoms with E-state index in [4.69, 9.17) is 0 Å². The van der Waals surface area contributed by atoms with Crippen molar-refractivity contribution in [3.05, 3.63) is 0 Å². The molecule has 0 nitrogen and oxygen atoms in total. The highest BCUT2D eigenvalue weighted by atomic mass is 33.1. The van der Waals surface area contributed by atoms with Crippen LogP contribution >= 0.6 is 21.6 Å². The van der Waals surface area contributed by atoms with Gasteiger partial charge in [0.05, 0.1) is 0 Å². The molecule has 0 aromatic heterocycles. The molecule has 0 spiro atoms. The van der Waals surface area contributed by atoms with E-state index in [0.717, 1.165) is 5.25 Å². The molecule has 0 radical (unpaired) electrons. The van der Waals surface area contributed by atoms with Gasteiger partial charge in [0.25, 0.3) is 0 Å². The highest BCUT2D eigenvalue weighted by Crippen LogP contribution is 2.27. The van der Waals surface area contributed by atoms with E-state index in [9.17, 15) is 0 Å². The fraction of sp³-hybridized carbons (Fsp3) is 1.00. The van der Waals surface area contributed by atoms with Crippen LogP contribution in [0.25, 0.3) is 0 Å². The normalized spacial score (nSPS) is 13.9. The maximum Gasteiger partial charge on any atom is 0.0120 e. The third-order valence-electron chi connectivity index (χ3n) is 0.925. The zero-order chi connectivity index (χ0) is 6.41. The second-order valence-electron chi connectivity index (χ2n) is 1.72. The van der Waals surface area contributed by atoms with Gasteiger partial charge in [0.2, 0.25) is 0 Å². The van der Waals surface area contributed by atoms with Crippen LogP contribution in [-0.4, -0.2) is 11.0 Å². The van der Waals surface area contributed by atoms with Crippen molar-refractivity contribution < 1.29 is 0 Å². The third-order valence-corrected chi connectivity index (χ3v) is 4.06. The van der Waals surface area contributed by atoms with Gasteiger partial charge in [-0.25, -0.2) is 0 Å². The minimum Gasteiger partial charge on any atom is -0.0942 e. The lowest BCUT2D eigenvalue weighted by atomic mass is 10.4. The van der Waals surface area contributed by atoms with Gasteiger partial charge in [-0.2, -0.15) is 0 Å². The van der Waals surface area contributed by atoms with Gasteiger partial charge in [0.15, 0.2) is 0 Å². The third kappa shape index (κ3) is 4.85. The van der Waals surface area contributed by atoms with Crippen molar-refractivity contribution in [2.75, 3.05) is 5.75 Å². The SMILES string of the molecule is CCSSC(C)CC. The molecular weight excluding hydrogens is 136 g/mol. The van der Waals surface area contributed by atoms with E-state index < -0.39 is 0 Å². The molecule has 50 valence electrons. The van der Waals surface area contributed by atoms with Crippen LogP contribution in [0, 0.1) is 0 Å². The fourth-order valence-electron chi connectivity index (χ4n) is 0.252. The lowest BCUT2D eigenvalue weighted by Gasteiger charge is -2.03. The molecule has 2 heteroatoms. The summed E-state index contributed by atoms with van der Waals surface area (Å²) < 4.78 is 0. The van der Waals surface area contributed by atoms with Gasteiger partial charge in [-0.1, -0.05) is 42.4 Å². The van der Waals surface area contributed by atoms with Crippen LogP contribution in [0.5, 0.6) is 0 Å². The van der Waals surface area contributed by atoms with Gasteiger partial charge in [0.1, 0.15) is 0 Å². The summed E-state index contributed by atoms with van der Waals surface area (Å²) in [6, 6.07) is 0. The van der Waals surface area contributed by atoms with Crippen molar-refractivity contribution in [2.24, 2.45) is 0 Å². The highest BCUT2D eigenvalue weighted by molar-refractivity contribution is 8.76. The topological polar surface area (TPSA) is 0 Å². The van der Waals surface area contributed by atoms with Crippen LogP contribution in [-0.2, 0) is 0 Å². The molecule has 0 N–H and O–H groups in total. The summed E-state index contributed by atoms with van der Waals surface area (Å²) in [5.74, 6) is 1.23. The number of hydrogen-bond acceptors (Lipinski definition) is 2. The van der Waals surface area contributed by atoms with Crippen molar-refractivity contribution in [3.63, 3.8) is 0 Å². The van der Waals surface area contributed by atoms with Crippen LogP contribution in [0.4, 0.5) is 0 Å². The summed E-state index contributed by atoms with van der Waals surface area (Å²) in [5, 5.41) is 0.833. The minimum absolute atomic E-state index is 0.833. The molecule has 0 aliphatic heterocycles. The van der Waals surface area contributed by atoms with Crippen LogP contribution in [0.2, 0.25) is 0 Å². The largest absolute Gasteiger partial charge is 0.0942 e. The van der Waals surface area contributed by atoms with Gasteiger partial charge in [0, 0.05) is 11.0 Å². The molecule has 0 amide bonds. The summed E-state index contributed by atoms with van der Waals surface area (Å²) >= 11 is 0. The number of hydrogen-bond donors (Lipinski definition) is 0. The summed E-state index contributed by atoms with van der Waals surface area (Å²) in [5.41, 5.74) is 0. The first-order valence-electron chi connectivity index (χ1n) is 3.09. The standard InChI is InChI=1S/C6H14S2/c1-4-6(3)8-7-5-2/h6H,4-5H2,1-3H3. The second kappa shape index (κ2) is 5.83. The fourth-order valence-corrected chi connectivity index (χ4v) is 2.27. The lowest BCUT2D eigenvalue weighted by Crippen LogP contribution is -1.87. The maximum atomic E-state index is 2.27. The highest BCUT2D eigenvalue weighted by Gasteiger charge is 1.95. The molecule has 0 fully saturated rings. The molecule has 8 heavy (non-hydrogen) atoms. The van der Waals surface area contributed by atoms with Crippen molar-refractivity contribution in [1.82, 2.24) is 0 Å². The first-order valence-corrected chi connectivity index (χ1v) is 5.47. The van der Waals surface area contributed by atoms with Gasteiger partial charge in [-0.15, -0.1) is 0 Å². The molecule has 1 atom stereocenters. The molecule has 0 aromatic rings. The summed E-state index contributed by atoms with van der Waals surface area (Å²) in [6.45, 7) is 6.70. The molecule has 1 unspecified atom stereocenters. The first-order chi connectivity index (χ1) is 3.81. The van der Waals surface area contributed by atoms with Crippen LogP contribution < -0.4 is 0 Å². The van der Waals surface area contributed by atoms with Crippen molar-refractivity contribution in [1.29, 1.82) is 0 Å². The molecule has 0 rings (SSSR count). The average Bonchev–Trinajstić information content (AvgIpc) is 1.83. The van der Waals surface area contributed by atoms with E-state index in [1.807, 2.05) is 21.6 Å². The Kier molecular flexibility index (Phi) is 6.34. The monoisotopic (exact) mass is 150 g/mol. The molecule has 0 aliphatic rings. The van der Waals surface area contributed by atoms with Crippen molar-refractivity contribution in [3.8, 4) is 0 Å². The Morgan fingerprint density at radius 2 is 2.00 bits per heavy atom. The Labute approximate surface area is 60.2 Å².